The van der Waals surface area contributed by atoms with Crippen LogP contribution in [0.5, 0.6) is 11.5 Å². The predicted octanol–water partition coefficient (Wildman–Crippen LogP) is 2.05. The van der Waals surface area contributed by atoms with Crippen molar-refractivity contribution in [3.05, 3.63) is 70.3 Å². The molecule has 132 valence electrons. The van der Waals surface area contributed by atoms with Crippen LogP contribution in [0.4, 0.5) is 0 Å². The summed E-state index contributed by atoms with van der Waals surface area (Å²) in [5, 5.41) is 24.3. The second kappa shape index (κ2) is 10.6. The molecule has 4 nitrogen and oxygen atoms in total. The number of aromatic carboxylic acids is 1. The van der Waals surface area contributed by atoms with Crippen LogP contribution in [0, 0.1) is 0 Å². The molecule has 0 aromatic heterocycles. The maximum atomic E-state index is 12.7. The van der Waals surface area contributed by atoms with Crippen molar-refractivity contribution < 1.29 is 19.7 Å². The molecule has 0 atom stereocenters. The Morgan fingerprint density at radius 2 is 1.81 bits per heavy atom. The molecule has 26 heavy (non-hydrogen) atoms. The molecular formula is C21H22CaO4. The number of hydrogen-bond acceptors (Lipinski definition) is 4. The van der Waals surface area contributed by atoms with Crippen LogP contribution < -0.4 is 14.9 Å². The van der Waals surface area contributed by atoms with E-state index in [1.165, 1.54) is 7.11 Å². The molecule has 0 heterocycles. The van der Waals surface area contributed by atoms with E-state index in [0.717, 1.165) is 11.1 Å². The number of carboxylic acid groups (broad SMARTS) is 1. The fraction of sp³-hybridized carbons (Fsp3) is 0.286. The van der Waals surface area contributed by atoms with Crippen molar-refractivity contribution in [2.75, 3.05) is 7.11 Å². The van der Waals surface area contributed by atoms with Crippen molar-refractivity contribution in [2.24, 2.45) is 0 Å². The normalized spacial score (nSPS) is 9.96. The molecule has 2 rings (SSSR count). The van der Waals surface area contributed by atoms with Crippen molar-refractivity contribution in [1.82, 2.24) is 0 Å². The van der Waals surface area contributed by atoms with Gasteiger partial charge in [0.05, 0.1) is 13.1 Å². The zero-order chi connectivity index (χ0) is 18.4. The monoisotopic (exact) mass is 378 g/mol. The van der Waals surface area contributed by atoms with Crippen molar-refractivity contribution >= 4 is 43.7 Å². The predicted molar refractivity (Wildman–Crippen MR) is 99.5 cm³/mol. The maximum absolute atomic E-state index is 12.7. The van der Waals surface area contributed by atoms with Gasteiger partial charge in [-0.05, 0) is 61.4 Å². The summed E-state index contributed by atoms with van der Waals surface area (Å²) >= 11 is 0. The zero-order valence-corrected chi connectivity index (χ0v) is 17.7. The van der Waals surface area contributed by atoms with Gasteiger partial charge < -0.3 is 19.7 Å². The Labute approximate surface area is 184 Å². The Morgan fingerprint density at radius 3 is 2.35 bits per heavy atom. The van der Waals surface area contributed by atoms with E-state index in [0.29, 0.717) is 36.1 Å². The molecule has 0 aliphatic rings. The molecular weight excluding hydrogens is 356 g/mol. The molecule has 2 aromatic carbocycles. The van der Waals surface area contributed by atoms with E-state index >= 15 is 0 Å². The largest absolute Gasteiger partial charge is 2.00 e. The number of rotatable bonds is 7. The molecule has 5 heteroatoms. The number of aryl methyl sites for hydroxylation is 2. The van der Waals surface area contributed by atoms with Crippen LogP contribution >= 0.6 is 0 Å². The van der Waals surface area contributed by atoms with Crippen LogP contribution in [0.15, 0.2) is 48.0 Å². The van der Waals surface area contributed by atoms with Gasteiger partial charge in [0, 0.05) is 0 Å². The van der Waals surface area contributed by atoms with Crippen LogP contribution in [0.25, 0.3) is 0 Å². The first-order chi connectivity index (χ1) is 11.9. The van der Waals surface area contributed by atoms with Gasteiger partial charge in [0.25, 0.3) is 0 Å². The van der Waals surface area contributed by atoms with Crippen LogP contribution in [0.2, 0.25) is 0 Å². The summed E-state index contributed by atoms with van der Waals surface area (Å²) in [7, 11) is 1.49. The van der Waals surface area contributed by atoms with Crippen LogP contribution in [0.3, 0.4) is 0 Å². The Bertz CT molecular complexity index is 778. The fourth-order valence-electron chi connectivity index (χ4n) is 2.75. The smallest absolute Gasteiger partial charge is 0.872 e. The summed E-state index contributed by atoms with van der Waals surface area (Å²) in [4.78, 5) is 11.6. The number of benzene rings is 2. The summed E-state index contributed by atoms with van der Waals surface area (Å²) in [6.07, 6.45) is 3.28. The number of ether oxygens (including phenoxy) is 1. The van der Waals surface area contributed by atoms with Gasteiger partial charge in [0.1, 0.15) is 5.75 Å². The molecule has 0 radical (unpaired) electrons. The van der Waals surface area contributed by atoms with Gasteiger partial charge in [0.2, 0.25) is 0 Å². The van der Waals surface area contributed by atoms with E-state index in [-0.39, 0.29) is 43.3 Å². The quantitative estimate of drug-likeness (QED) is 0.546. The minimum absolute atomic E-state index is 0. The molecule has 0 amide bonds. The molecule has 0 unspecified atom stereocenters. The van der Waals surface area contributed by atoms with Crippen molar-refractivity contribution in [3.8, 4) is 11.5 Å². The standard InChI is InChI=1S/C21H24O4.Ca/c1-14(2)9-12-17-18(25-3)13-16(19(20(17)22)21(23)24)11-10-15-7-5-4-6-8-15;/h4-9,13,22H,10-12H2,1-3H3,(H,23,24);/q;+2/p-2. The van der Waals surface area contributed by atoms with Crippen molar-refractivity contribution in [1.29, 1.82) is 0 Å². The summed E-state index contributed by atoms with van der Waals surface area (Å²) in [6, 6.07) is 11.4. The minimum atomic E-state index is -1.44. The van der Waals surface area contributed by atoms with Gasteiger partial charge in [-0.15, -0.1) is 0 Å². The Kier molecular flexibility index (Phi) is 9.20. The molecule has 0 N–H and O–H groups in total. The molecule has 0 aliphatic carbocycles. The third-order valence-electron chi connectivity index (χ3n) is 4.09. The van der Waals surface area contributed by atoms with E-state index in [1.54, 1.807) is 6.07 Å². The van der Waals surface area contributed by atoms with Crippen molar-refractivity contribution in [2.45, 2.75) is 33.1 Å². The van der Waals surface area contributed by atoms with Gasteiger partial charge >= 0.3 is 37.7 Å². The fourth-order valence-corrected chi connectivity index (χ4v) is 2.75. The first-order valence-electron chi connectivity index (χ1n) is 8.22. The summed E-state index contributed by atoms with van der Waals surface area (Å²) in [5.41, 5.74) is 2.67. The maximum Gasteiger partial charge on any atom is 2.00 e. The number of carbonyl (C=O) groups excluding carboxylic acids is 1. The van der Waals surface area contributed by atoms with Crippen molar-refractivity contribution in [3.63, 3.8) is 0 Å². The van der Waals surface area contributed by atoms with Crippen LogP contribution in [-0.2, 0) is 19.3 Å². The zero-order valence-electron chi connectivity index (χ0n) is 15.5. The Hall–Kier alpha value is -1.49. The molecule has 0 fully saturated rings. The number of methoxy groups -OCH3 is 1. The third kappa shape index (κ3) is 5.76. The average molecular weight is 378 g/mol. The Balaban J connectivity index is 0.00000338. The topological polar surface area (TPSA) is 72.4 Å². The van der Waals surface area contributed by atoms with E-state index in [4.69, 9.17) is 4.74 Å². The summed E-state index contributed by atoms with van der Waals surface area (Å²) in [5.74, 6) is -1.52. The van der Waals surface area contributed by atoms with E-state index in [9.17, 15) is 15.0 Å². The van der Waals surface area contributed by atoms with Gasteiger partial charge in [-0.3, -0.25) is 0 Å². The summed E-state index contributed by atoms with van der Waals surface area (Å²) in [6.45, 7) is 3.84. The number of carbonyl (C=O) groups is 1. The molecule has 0 aliphatic heterocycles. The molecule has 0 bridgehead atoms. The molecule has 0 saturated carbocycles. The second-order valence-corrected chi connectivity index (χ2v) is 6.18. The number of allylic oxidation sites excluding steroid dienone is 2. The summed E-state index contributed by atoms with van der Waals surface area (Å²) < 4.78 is 5.34. The number of carboxylic acids is 1. The van der Waals surface area contributed by atoms with Gasteiger partial charge in [-0.1, -0.05) is 47.7 Å². The van der Waals surface area contributed by atoms with E-state index in [1.807, 2.05) is 50.3 Å². The van der Waals surface area contributed by atoms with Crippen LogP contribution in [-0.4, -0.2) is 50.8 Å². The van der Waals surface area contributed by atoms with Gasteiger partial charge in [-0.25, -0.2) is 0 Å². The third-order valence-corrected chi connectivity index (χ3v) is 4.09. The van der Waals surface area contributed by atoms with E-state index in [2.05, 4.69) is 0 Å². The number of hydrogen-bond donors (Lipinski definition) is 0. The van der Waals surface area contributed by atoms with E-state index < -0.39 is 11.7 Å². The van der Waals surface area contributed by atoms with Gasteiger partial charge in [-0.2, -0.15) is 0 Å². The molecule has 0 saturated heterocycles. The Morgan fingerprint density at radius 1 is 1.15 bits per heavy atom. The SMILES string of the molecule is COc1cc(CCc2ccccc2)c(C(=O)[O-])c([O-])c1CC=C(C)C.[Ca+2]. The first kappa shape index (κ1) is 22.6. The second-order valence-electron chi connectivity index (χ2n) is 6.18. The van der Waals surface area contributed by atoms with Gasteiger partial charge in [0.15, 0.2) is 0 Å². The molecule has 0 spiro atoms. The first-order valence-corrected chi connectivity index (χ1v) is 8.22. The molecule has 2 aromatic rings. The average Bonchev–Trinajstić information content (AvgIpc) is 2.58. The van der Waals surface area contributed by atoms with Crippen LogP contribution in [0.1, 0.15) is 40.9 Å². The minimum Gasteiger partial charge on any atom is -0.872 e.